The van der Waals surface area contributed by atoms with Crippen molar-refractivity contribution in [3.63, 3.8) is 0 Å². The van der Waals surface area contributed by atoms with Crippen LogP contribution in [0.3, 0.4) is 0 Å². The second-order valence-electron chi connectivity index (χ2n) is 5.05. The van der Waals surface area contributed by atoms with Crippen molar-refractivity contribution in [2.75, 3.05) is 6.54 Å². The van der Waals surface area contributed by atoms with E-state index in [1.165, 1.54) is 0 Å². The second kappa shape index (κ2) is 5.71. The van der Waals surface area contributed by atoms with Gasteiger partial charge < -0.3 is 15.6 Å². The van der Waals surface area contributed by atoms with Crippen LogP contribution < -0.4 is 11.1 Å². The summed E-state index contributed by atoms with van der Waals surface area (Å²) in [7, 11) is 0. The van der Waals surface area contributed by atoms with Crippen LogP contribution in [0.4, 0.5) is 0 Å². The Hall–Kier alpha value is -1.07. The van der Waals surface area contributed by atoms with Crippen LogP contribution in [0.15, 0.2) is 10.6 Å². The quantitative estimate of drug-likeness (QED) is 0.844. The molecular formula is C12H20ClN3O2. The molecule has 0 radical (unpaired) electrons. The maximum absolute atomic E-state index is 11.9. The maximum atomic E-state index is 11.9. The SMILES string of the molecule is Cc1cc(CC(=O)NC(C)(CN)C2CC2)no1.Cl. The molecule has 1 atom stereocenters. The molecule has 0 aliphatic heterocycles. The minimum absolute atomic E-state index is 0. The molecule has 1 aliphatic carbocycles. The Balaban J connectivity index is 0.00000162. The van der Waals surface area contributed by atoms with Crippen molar-refractivity contribution in [2.45, 2.75) is 38.6 Å². The third-order valence-electron chi connectivity index (χ3n) is 3.35. The maximum Gasteiger partial charge on any atom is 0.226 e. The van der Waals surface area contributed by atoms with Gasteiger partial charge in [-0.15, -0.1) is 12.4 Å². The molecule has 0 spiro atoms. The monoisotopic (exact) mass is 273 g/mol. The van der Waals surface area contributed by atoms with Crippen molar-refractivity contribution < 1.29 is 9.32 Å². The van der Waals surface area contributed by atoms with Crippen LogP contribution in [0.25, 0.3) is 0 Å². The molecule has 2 rings (SSSR count). The standard InChI is InChI=1S/C12H19N3O2.ClH/c1-8-5-10(15-17-8)6-11(16)14-12(2,7-13)9-3-4-9;/h5,9H,3-4,6-7,13H2,1-2H3,(H,14,16);1H. The molecular weight excluding hydrogens is 254 g/mol. The first-order valence-electron chi connectivity index (χ1n) is 5.97. The van der Waals surface area contributed by atoms with Crippen molar-refractivity contribution in [2.24, 2.45) is 11.7 Å². The van der Waals surface area contributed by atoms with E-state index in [1.54, 1.807) is 6.07 Å². The van der Waals surface area contributed by atoms with Gasteiger partial charge in [0.05, 0.1) is 17.7 Å². The van der Waals surface area contributed by atoms with Crippen LogP contribution in [0.2, 0.25) is 0 Å². The van der Waals surface area contributed by atoms with E-state index in [-0.39, 0.29) is 30.3 Å². The van der Waals surface area contributed by atoms with Crippen LogP contribution >= 0.6 is 12.4 Å². The highest BCUT2D eigenvalue weighted by Crippen LogP contribution is 2.38. The summed E-state index contributed by atoms with van der Waals surface area (Å²) in [6.45, 7) is 4.29. The van der Waals surface area contributed by atoms with Crippen molar-refractivity contribution in [3.05, 3.63) is 17.5 Å². The number of nitrogens with two attached hydrogens (primary N) is 1. The first-order chi connectivity index (χ1) is 8.03. The lowest BCUT2D eigenvalue weighted by Crippen LogP contribution is -2.53. The summed E-state index contributed by atoms with van der Waals surface area (Å²) < 4.78 is 4.93. The Bertz CT molecular complexity index is 417. The van der Waals surface area contributed by atoms with E-state index < -0.39 is 0 Å². The minimum Gasteiger partial charge on any atom is -0.361 e. The van der Waals surface area contributed by atoms with Crippen LogP contribution in [0, 0.1) is 12.8 Å². The van der Waals surface area contributed by atoms with Crippen molar-refractivity contribution >= 4 is 18.3 Å². The topological polar surface area (TPSA) is 81.2 Å². The molecule has 3 N–H and O–H groups in total. The molecule has 1 aromatic rings. The highest BCUT2D eigenvalue weighted by molar-refractivity contribution is 5.85. The van der Waals surface area contributed by atoms with Crippen LogP contribution in [-0.2, 0) is 11.2 Å². The van der Waals surface area contributed by atoms with Gasteiger partial charge in [0, 0.05) is 12.6 Å². The van der Waals surface area contributed by atoms with E-state index in [0.717, 1.165) is 18.6 Å². The number of nitrogens with zero attached hydrogens (tertiary/aromatic N) is 1. The highest BCUT2D eigenvalue weighted by Gasteiger charge is 2.41. The average molecular weight is 274 g/mol. The summed E-state index contributed by atoms with van der Waals surface area (Å²) >= 11 is 0. The van der Waals surface area contributed by atoms with Gasteiger partial charge in [0.15, 0.2) is 0 Å². The predicted molar refractivity (Wildman–Crippen MR) is 70.5 cm³/mol. The molecule has 5 nitrogen and oxygen atoms in total. The van der Waals surface area contributed by atoms with Gasteiger partial charge in [-0.25, -0.2) is 0 Å². The second-order valence-corrected chi connectivity index (χ2v) is 5.05. The number of amides is 1. The normalized spacial score (nSPS) is 17.7. The number of aromatic nitrogens is 1. The number of nitrogens with one attached hydrogen (secondary N) is 1. The largest absolute Gasteiger partial charge is 0.361 e. The summed E-state index contributed by atoms with van der Waals surface area (Å²) in [5.74, 6) is 1.20. The summed E-state index contributed by atoms with van der Waals surface area (Å²) in [6, 6.07) is 1.77. The lowest BCUT2D eigenvalue weighted by Gasteiger charge is -2.29. The molecule has 0 aromatic carbocycles. The third kappa shape index (κ3) is 3.46. The Kier molecular flexibility index (Phi) is 4.76. The lowest BCUT2D eigenvalue weighted by atomic mass is 9.95. The van der Waals surface area contributed by atoms with Gasteiger partial charge in [-0.3, -0.25) is 4.79 Å². The smallest absolute Gasteiger partial charge is 0.226 e. The van der Waals surface area contributed by atoms with Gasteiger partial charge in [0.1, 0.15) is 5.76 Å². The number of hydrogen-bond donors (Lipinski definition) is 2. The Morgan fingerprint density at radius 1 is 1.67 bits per heavy atom. The molecule has 18 heavy (non-hydrogen) atoms. The minimum atomic E-state index is -0.268. The predicted octanol–water partition coefficient (Wildman–Crippen LogP) is 1.19. The average Bonchev–Trinajstić information content (AvgIpc) is 3.04. The molecule has 1 aliphatic rings. The van der Waals surface area contributed by atoms with Crippen LogP contribution in [0.5, 0.6) is 0 Å². The molecule has 0 bridgehead atoms. The Morgan fingerprint density at radius 3 is 2.78 bits per heavy atom. The summed E-state index contributed by atoms with van der Waals surface area (Å²) in [6.07, 6.45) is 2.55. The lowest BCUT2D eigenvalue weighted by molar-refractivity contribution is -0.122. The van der Waals surface area contributed by atoms with Crippen molar-refractivity contribution in [3.8, 4) is 0 Å². The number of carbonyl (C=O) groups excluding carboxylic acids is 1. The molecule has 1 aromatic heterocycles. The van der Waals surface area contributed by atoms with E-state index in [9.17, 15) is 4.79 Å². The first-order valence-corrected chi connectivity index (χ1v) is 5.97. The zero-order chi connectivity index (χ0) is 12.5. The van der Waals surface area contributed by atoms with Crippen LogP contribution in [0.1, 0.15) is 31.2 Å². The molecule has 1 heterocycles. The third-order valence-corrected chi connectivity index (χ3v) is 3.35. The van der Waals surface area contributed by atoms with Gasteiger partial charge in [0.2, 0.25) is 5.91 Å². The number of carbonyl (C=O) groups is 1. The Morgan fingerprint density at radius 2 is 2.33 bits per heavy atom. The molecule has 1 unspecified atom stereocenters. The van der Waals surface area contributed by atoms with E-state index >= 15 is 0 Å². The zero-order valence-corrected chi connectivity index (χ0v) is 11.5. The van der Waals surface area contributed by atoms with Gasteiger partial charge in [-0.2, -0.15) is 0 Å². The molecule has 102 valence electrons. The number of halogens is 1. The Labute approximate surface area is 113 Å². The molecule has 6 heteroatoms. The fourth-order valence-corrected chi connectivity index (χ4v) is 2.07. The van der Waals surface area contributed by atoms with Gasteiger partial charge >= 0.3 is 0 Å². The zero-order valence-electron chi connectivity index (χ0n) is 10.7. The molecule has 0 saturated heterocycles. The fraction of sp³-hybridized carbons (Fsp3) is 0.667. The number of rotatable bonds is 5. The van der Waals surface area contributed by atoms with E-state index in [2.05, 4.69) is 10.5 Å². The summed E-state index contributed by atoms with van der Waals surface area (Å²) in [5.41, 5.74) is 6.14. The molecule has 1 saturated carbocycles. The van der Waals surface area contributed by atoms with E-state index in [1.807, 2.05) is 13.8 Å². The fourth-order valence-electron chi connectivity index (χ4n) is 2.07. The van der Waals surface area contributed by atoms with Gasteiger partial charge in [-0.05, 0) is 32.6 Å². The molecule has 1 fully saturated rings. The van der Waals surface area contributed by atoms with Gasteiger partial charge in [0.25, 0.3) is 0 Å². The van der Waals surface area contributed by atoms with Crippen molar-refractivity contribution in [1.82, 2.24) is 10.5 Å². The van der Waals surface area contributed by atoms with E-state index in [4.69, 9.17) is 10.3 Å². The van der Waals surface area contributed by atoms with Gasteiger partial charge in [-0.1, -0.05) is 5.16 Å². The summed E-state index contributed by atoms with van der Waals surface area (Å²) in [5, 5.41) is 6.82. The molecule has 1 amide bonds. The first kappa shape index (κ1) is 15.0. The highest BCUT2D eigenvalue weighted by atomic mass is 35.5. The number of hydrogen-bond acceptors (Lipinski definition) is 4. The van der Waals surface area contributed by atoms with E-state index in [0.29, 0.717) is 18.2 Å². The summed E-state index contributed by atoms with van der Waals surface area (Å²) in [4.78, 5) is 11.9. The number of aryl methyl sites for hydroxylation is 1. The van der Waals surface area contributed by atoms with Crippen molar-refractivity contribution in [1.29, 1.82) is 0 Å². The van der Waals surface area contributed by atoms with Crippen LogP contribution in [-0.4, -0.2) is 23.1 Å².